The molecule has 4 heteroatoms. The Morgan fingerprint density at radius 1 is 1.38 bits per heavy atom. The lowest BCUT2D eigenvalue weighted by atomic mass is 10.1. The molecule has 1 aromatic carbocycles. The quantitative estimate of drug-likeness (QED) is 0.808. The fourth-order valence-electron chi connectivity index (χ4n) is 1.91. The minimum atomic E-state index is 0.107. The first-order valence-electron chi connectivity index (χ1n) is 5.44. The maximum atomic E-state index is 12.2. The summed E-state index contributed by atoms with van der Waals surface area (Å²) in [5.41, 5.74) is 1.70. The fourth-order valence-corrected chi connectivity index (χ4v) is 2.13. The Morgan fingerprint density at radius 2 is 2.06 bits per heavy atom. The van der Waals surface area contributed by atoms with Gasteiger partial charge in [-0.3, -0.25) is 4.79 Å². The van der Waals surface area contributed by atoms with E-state index in [4.69, 9.17) is 11.6 Å². The van der Waals surface area contributed by atoms with E-state index in [-0.39, 0.29) is 5.91 Å². The van der Waals surface area contributed by atoms with Gasteiger partial charge in [0, 0.05) is 36.8 Å². The number of hydrogen-bond donors (Lipinski definition) is 1. The van der Waals surface area contributed by atoms with Crippen molar-refractivity contribution in [3.8, 4) is 0 Å². The molecule has 0 aliphatic carbocycles. The summed E-state index contributed by atoms with van der Waals surface area (Å²) in [6, 6.07) is 5.41. The molecule has 0 unspecified atom stereocenters. The smallest absolute Gasteiger partial charge is 0.254 e. The van der Waals surface area contributed by atoms with Gasteiger partial charge in [-0.25, -0.2) is 0 Å². The maximum absolute atomic E-state index is 12.2. The molecule has 0 bridgehead atoms. The van der Waals surface area contributed by atoms with Gasteiger partial charge in [-0.2, -0.15) is 0 Å². The summed E-state index contributed by atoms with van der Waals surface area (Å²) in [7, 11) is 0. The van der Waals surface area contributed by atoms with Crippen LogP contribution in [0, 0.1) is 6.92 Å². The summed E-state index contributed by atoms with van der Waals surface area (Å²) in [6.45, 7) is 5.22. The number of piperazine rings is 1. The van der Waals surface area contributed by atoms with E-state index in [1.807, 2.05) is 24.0 Å². The van der Waals surface area contributed by atoms with Gasteiger partial charge in [0.05, 0.1) is 0 Å². The van der Waals surface area contributed by atoms with Crippen LogP contribution < -0.4 is 5.32 Å². The van der Waals surface area contributed by atoms with Crippen molar-refractivity contribution in [2.24, 2.45) is 0 Å². The second-order valence-corrected chi connectivity index (χ2v) is 4.44. The fraction of sp³-hybridized carbons (Fsp3) is 0.417. The summed E-state index contributed by atoms with van der Waals surface area (Å²) >= 11 is 5.87. The van der Waals surface area contributed by atoms with Gasteiger partial charge in [-0.15, -0.1) is 0 Å². The minimum Gasteiger partial charge on any atom is -0.336 e. The number of carbonyl (C=O) groups excluding carboxylic acids is 1. The van der Waals surface area contributed by atoms with E-state index in [2.05, 4.69) is 5.32 Å². The molecule has 1 saturated heterocycles. The van der Waals surface area contributed by atoms with Crippen molar-refractivity contribution in [3.05, 3.63) is 34.3 Å². The van der Waals surface area contributed by atoms with Crippen LogP contribution in [0.15, 0.2) is 18.2 Å². The maximum Gasteiger partial charge on any atom is 0.254 e. The van der Waals surface area contributed by atoms with Gasteiger partial charge in [0.15, 0.2) is 0 Å². The highest BCUT2D eigenvalue weighted by atomic mass is 35.5. The molecule has 0 radical (unpaired) electrons. The Bertz CT molecular complexity index is 400. The molecule has 0 atom stereocenters. The Labute approximate surface area is 100 Å². The van der Waals surface area contributed by atoms with Gasteiger partial charge in [-0.1, -0.05) is 11.6 Å². The van der Waals surface area contributed by atoms with E-state index >= 15 is 0 Å². The predicted octanol–water partition coefficient (Wildman–Crippen LogP) is 1.69. The number of benzene rings is 1. The topological polar surface area (TPSA) is 32.3 Å². The lowest BCUT2D eigenvalue weighted by molar-refractivity contribution is 0.0735. The van der Waals surface area contributed by atoms with Gasteiger partial charge < -0.3 is 10.2 Å². The summed E-state index contributed by atoms with van der Waals surface area (Å²) < 4.78 is 0. The largest absolute Gasteiger partial charge is 0.336 e. The molecule has 1 fully saturated rings. The predicted molar refractivity (Wildman–Crippen MR) is 65.0 cm³/mol. The number of hydrogen-bond acceptors (Lipinski definition) is 2. The van der Waals surface area contributed by atoms with E-state index in [0.717, 1.165) is 37.3 Å². The molecule has 1 heterocycles. The van der Waals surface area contributed by atoms with E-state index in [0.29, 0.717) is 5.02 Å². The minimum absolute atomic E-state index is 0.107. The van der Waals surface area contributed by atoms with Gasteiger partial charge in [-0.05, 0) is 30.7 Å². The molecule has 2 rings (SSSR count). The second-order valence-electron chi connectivity index (χ2n) is 4.00. The highest BCUT2D eigenvalue weighted by Gasteiger charge is 2.19. The lowest BCUT2D eigenvalue weighted by Gasteiger charge is -2.28. The normalized spacial score (nSPS) is 16.2. The number of aryl methyl sites for hydroxylation is 1. The number of carbonyl (C=O) groups is 1. The molecule has 86 valence electrons. The molecule has 3 nitrogen and oxygen atoms in total. The van der Waals surface area contributed by atoms with Crippen molar-refractivity contribution in [3.63, 3.8) is 0 Å². The van der Waals surface area contributed by atoms with Gasteiger partial charge in [0.2, 0.25) is 0 Å². The average molecular weight is 239 g/mol. The Kier molecular flexibility index (Phi) is 3.46. The Morgan fingerprint density at radius 3 is 2.69 bits per heavy atom. The molecule has 0 spiro atoms. The Hall–Kier alpha value is -1.06. The Balaban J connectivity index is 2.19. The molecule has 0 aromatic heterocycles. The number of nitrogens with zero attached hydrogens (tertiary/aromatic N) is 1. The van der Waals surface area contributed by atoms with Crippen LogP contribution in [0.2, 0.25) is 5.02 Å². The van der Waals surface area contributed by atoms with Crippen LogP contribution >= 0.6 is 11.6 Å². The number of halogens is 1. The van der Waals surface area contributed by atoms with Crippen LogP contribution in [0.5, 0.6) is 0 Å². The van der Waals surface area contributed by atoms with Crippen molar-refractivity contribution in [2.75, 3.05) is 26.2 Å². The average Bonchev–Trinajstić information content (AvgIpc) is 2.29. The molecule has 16 heavy (non-hydrogen) atoms. The number of rotatable bonds is 1. The number of nitrogens with one attached hydrogen (secondary N) is 1. The highest BCUT2D eigenvalue weighted by Crippen LogP contribution is 2.17. The van der Waals surface area contributed by atoms with Crippen LogP contribution in [-0.2, 0) is 0 Å². The van der Waals surface area contributed by atoms with Crippen molar-refractivity contribution < 1.29 is 4.79 Å². The molecular weight excluding hydrogens is 224 g/mol. The van der Waals surface area contributed by atoms with E-state index in [9.17, 15) is 4.79 Å². The molecule has 0 saturated carbocycles. The van der Waals surface area contributed by atoms with Crippen LogP contribution in [-0.4, -0.2) is 37.0 Å². The van der Waals surface area contributed by atoms with Crippen LogP contribution in [0.25, 0.3) is 0 Å². The molecule has 1 aliphatic rings. The summed E-state index contributed by atoms with van der Waals surface area (Å²) in [4.78, 5) is 14.1. The first-order chi connectivity index (χ1) is 7.68. The van der Waals surface area contributed by atoms with Gasteiger partial charge in [0.1, 0.15) is 0 Å². The SMILES string of the molecule is Cc1cc(Cl)ccc1C(=O)N1CCNCC1. The van der Waals surface area contributed by atoms with Gasteiger partial charge in [0.25, 0.3) is 5.91 Å². The summed E-state index contributed by atoms with van der Waals surface area (Å²) in [6.07, 6.45) is 0. The second kappa shape index (κ2) is 4.85. The highest BCUT2D eigenvalue weighted by molar-refractivity contribution is 6.30. The van der Waals surface area contributed by atoms with Crippen molar-refractivity contribution in [1.29, 1.82) is 0 Å². The van der Waals surface area contributed by atoms with Crippen LogP contribution in [0.4, 0.5) is 0 Å². The van der Waals surface area contributed by atoms with Gasteiger partial charge >= 0.3 is 0 Å². The van der Waals surface area contributed by atoms with E-state index < -0.39 is 0 Å². The zero-order valence-electron chi connectivity index (χ0n) is 9.29. The lowest BCUT2D eigenvalue weighted by Crippen LogP contribution is -2.46. The zero-order valence-corrected chi connectivity index (χ0v) is 10.0. The standard InChI is InChI=1S/C12H15ClN2O/c1-9-8-10(13)2-3-11(9)12(16)15-6-4-14-5-7-15/h2-3,8,14H,4-7H2,1H3. The summed E-state index contributed by atoms with van der Waals surface area (Å²) in [5, 5.41) is 3.91. The molecule has 1 aromatic rings. The molecular formula is C12H15ClN2O. The van der Waals surface area contributed by atoms with Crippen molar-refractivity contribution in [2.45, 2.75) is 6.92 Å². The van der Waals surface area contributed by atoms with E-state index in [1.54, 1.807) is 6.07 Å². The summed E-state index contributed by atoms with van der Waals surface area (Å²) in [5.74, 6) is 0.107. The van der Waals surface area contributed by atoms with Crippen LogP contribution in [0.1, 0.15) is 15.9 Å². The first-order valence-corrected chi connectivity index (χ1v) is 5.82. The first kappa shape index (κ1) is 11.4. The van der Waals surface area contributed by atoms with Crippen molar-refractivity contribution in [1.82, 2.24) is 10.2 Å². The third-order valence-electron chi connectivity index (χ3n) is 2.82. The molecule has 1 aliphatic heterocycles. The van der Waals surface area contributed by atoms with E-state index in [1.165, 1.54) is 0 Å². The third kappa shape index (κ3) is 2.36. The third-order valence-corrected chi connectivity index (χ3v) is 3.06. The molecule has 1 amide bonds. The zero-order chi connectivity index (χ0) is 11.5. The van der Waals surface area contributed by atoms with Crippen molar-refractivity contribution >= 4 is 17.5 Å². The molecule has 1 N–H and O–H groups in total. The monoisotopic (exact) mass is 238 g/mol. The van der Waals surface area contributed by atoms with Crippen LogP contribution in [0.3, 0.4) is 0 Å². The number of amides is 1.